The normalized spacial score (nSPS) is 17.0. The van der Waals surface area contributed by atoms with E-state index in [2.05, 4.69) is 34.9 Å². The summed E-state index contributed by atoms with van der Waals surface area (Å²) in [6.07, 6.45) is 3.55. The molecule has 0 atom stereocenters. The number of anilines is 2. The third kappa shape index (κ3) is 5.65. The highest BCUT2D eigenvalue weighted by atomic mass is 32.2. The van der Waals surface area contributed by atoms with Gasteiger partial charge in [0, 0.05) is 51.1 Å². The van der Waals surface area contributed by atoms with Crippen molar-refractivity contribution in [2.24, 2.45) is 0 Å². The van der Waals surface area contributed by atoms with E-state index in [0.29, 0.717) is 47.6 Å². The van der Waals surface area contributed by atoms with Crippen LogP contribution >= 0.6 is 24.0 Å². The summed E-state index contributed by atoms with van der Waals surface area (Å²) in [4.78, 5) is 33.4. The SMILES string of the molecule is CCCCn1c(N2CCN(c3ccccc3)CC2)c(/C=C2/SC(=S)N(CCOC)C2=O)c(C)c(C#N)c1=O. The van der Waals surface area contributed by atoms with Crippen LogP contribution in [0, 0.1) is 18.3 Å². The number of unbranched alkanes of at least 4 members (excludes halogenated alkanes) is 1. The van der Waals surface area contributed by atoms with Crippen molar-refractivity contribution in [1.29, 1.82) is 5.26 Å². The number of benzene rings is 1. The fourth-order valence-corrected chi connectivity index (χ4v) is 6.12. The number of rotatable bonds is 9. The lowest BCUT2D eigenvalue weighted by molar-refractivity contribution is -0.122. The molecule has 4 rings (SSSR count). The standard InChI is InChI=1S/C28H33N5O3S2/c1-4-5-11-32-25(31-14-12-30(13-15-31)21-9-7-6-8-10-21)22(20(2)23(19-29)26(32)34)18-24-27(35)33(16-17-36-3)28(37)38-24/h6-10,18H,4-5,11-17H2,1-3H3/b24-18+. The van der Waals surface area contributed by atoms with Gasteiger partial charge in [-0.15, -0.1) is 0 Å². The van der Waals surface area contributed by atoms with Gasteiger partial charge in [-0.2, -0.15) is 5.26 Å². The highest BCUT2D eigenvalue weighted by Crippen LogP contribution is 2.36. The summed E-state index contributed by atoms with van der Waals surface area (Å²) in [5.74, 6) is 0.593. The van der Waals surface area contributed by atoms with Crippen molar-refractivity contribution < 1.29 is 9.53 Å². The van der Waals surface area contributed by atoms with Gasteiger partial charge in [-0.05, 0) is 37.1 Å². The van der Waals surface area contributed by atoms with Gasteiger partial charge in [0.1, 0.15) is 21.8 Å². The van der Waals surface area contributed by atoms with Gasteiger partial charge in [0.25, 0.3) is 11.5 Å². The van der Waals surface area contributed by atoms with Crippen LogP contribution in [0.4, 0.5) is 11.5 Å². The van der Waals surface area contributed by atoms with E-state index in [4.69, 9.17) is 17.0 Å². The molecule has 1 amide bonds. The first-order valence-corrected chi connectivity index (χ1v) is 14.1. The van der Waals surface area contributed by atoms with Crippen molar-refractivity contribution >= 4 is 51.8 Å². The lowest BCUT2D eigenvalue weighted by Gasteiger charge is -2.39. The lowest BCUT2D eigenvalue weighted by Crippen LogP contribution is -2.48. The van der Waals surface area contributed by atoms with Gasteiger partial charge < -0.3 is 14.5 Å². The van der Waals surface area contributed by atoms with Crippen molar-refractivity contribution in [2.75, 3.05) is 56.2 Å². The predicted octanol–water partition coefficient (Wildman–Crippen LogP) is 4.00. The Morgan fingerprint density at radius 2 is 1.79 bits per heavy atom. The van der Waals surface area contributed by atoms with Gasteiger partial charge in [-0.25, -0.2) is 0 Å². The lowest BCUT2D eigenvalue weighted by atomic mass is 10.0. The number of methoxy groups -OCH3 is 1. The van der Waals surface area contributed by atoms with Crippen molar-refractivity contribution in [3.63, 3.8) is 0 Å². The van der Waals surface area contributed by atoms with Crippen LogP contribution in [-0.4, -0.2) is 66.1 Å². The molecule has 1 aromatic carbocycles. The first-order chi connectivity index (χ1) is 18.4. The van der Waals surface area contributed by atoms with Gasteiger partial charge in [-0.3, -0.25) is 19.1 Å². The molecule has 10 heteroatoms. The topological polar surface area (TPSA) is 81.8 Å². The molecular formula is C28H33N5O3S2. The first kappa shape index (κ1) is 27.9. The predicted molar refractivity (Wildman–Crippen MR) is 158 cm³/mol. The number of nitriles is 1. The first-order valence-electron chi connectivity index (χ1n) is 12.9. The molecule has 0 spiro atoms. The summed E-state index contributed by atoms with van der Waals surface area (Å²) >= 11 is 6.72. The molecule has 2 fully saturated rings. The number of ether oxygens (including phenoxy) is 1. The molecule has 2 aromatic rings. The van der Waals surface area contributed by atoms with Crippen LogP contribution in [0.1, 0.15) is 36.5 Å². The number of thiocarbonyl (C=S) groups is 1. The van der Waals surface area contributed by atoms with E-state index in [1.807, 2.05) is 24.3 Å². The number of pyridine rings is 1. The van der Waals surface area contributed by atoms with Crippen LogP contribution in [-0.2, 0) is 16.1 Å². The summed E-state index contributed by atoms with van der Waals surface area (Å²) in [5, 5.41) is 9.91. The van der Waals surface area contributed by atoms with Crippen molar-refractivity contribution in [3.05, 3.63) is 62.3 Å². The number of carbonyl (C=O) groups excluding carboxylic acids is 1. The summed E-state index contributed by atoms with van der Waals surface area (Å²) in [5.41, 5.74) is 2.34. The van der Waals surface area contributed by atoms with Gasteiger partial charge in [0.15, 0.2) is 0 Å². The maximum atomic E-state index is 13.5. The zero-order valence-corrected chi connectivity index (χ0v) is 23.7. The molecular weight excluding hydrogens is 518 g/mol. The monoisotopic (exact) mass is 551 g/mol. The number of hydrogen-bond acceptors (Lipinski definition) is 8. The minimum absolute atomic E-state index is 0.119. The Hall–Kier alpha value is -3.13. The molecule has 2 aliphatic rings. The molecule has 0 bridgehead atoms. The van der Waals surface area contributed by atoms with Crippen molar-refractivity contribution in [2.45, 2.75) is 33.2 Å². The quantitative estimate of drug-likeness (QED) is 0.342. The Morgan fingerprint density at radius 3 is 2.42 bits per heavy atom. The molecule has 0 unspecified atom stereocenters. The molecule has 0 radical (unpaired) electrons. The number of amides is 1. The molecule has 2 aliphatic heterocycles. The number of para-hydroxylation sites is 1. The van der Waals surface area contributed by atoms with Crippen LogP contribution in [0.25, 0.3) is 6.08 Å². The smallest absolute Gasteiger partial charge is 0.270 e. The average molecular weight is 552 g/mol. The van der Waals surface area contributed by atoms with E-state index in [9.17, 15) is 14.9 Å². The molecule has 38 heavy (non-hydrogen) atoms. The fourth-order valence-electron chi connectivity index (χ4n) is 4.83. The van der Waals surface area contributed by atoms with Crippen LogP contribution in [0.5, 0.6) is 0 Å². The van der Waals surface area contributed by atoms with Gasteiger partial charge in [0.2, 0.25) is 0 Å². The molecule has 1 aromatic heterocycles. The number of piperazine rings is 1. The minimum Gasteiger partial charge on any atom is -0.383 e. The molecule has 8 nitrogen and oxygen atoms in total. The number of nitrogens with zero attached hydrogens (tertiary/aromatic N) is 5. The highest BCUT2D eigenvalue weighted by molar-refractivity contribution is 8.26. The Labute approximate surface area is 233 Å². The maximum Gasteiger partial charge on any atom is 0.270 e. The fraction of sp³-hybridized carbons (Fsp3) is 0.429. The Bertz CT molecular complexity index is 1320. The number of aromatic nitrogens is 1. The van der Waals surface area contributed by atoms with Crippen LogP contribution in [0.15, 0.2) is 40.0 Å². The summed E-state index contributed by atoms with van der Waals surface area (Å²) in [6.45, 7) is 8.16. The minimum atomic E-state index is -0.274. The van der Waals surface area contributed by atoms with Crippen LogP contribution in [0.2, 0.25) is 0 Å². The summed E-state index contributed by atoms with van der Waals surface area (Å²) in [7, 11) is 1.59. The zero-order valence-electron chi connectivity index (χ0n) is 22.1. The van der Waals surface area contributed by atoms with E-state index in [0.717, 1.165) is 37.3 Å². The molecule has 0 saturated carbocycles. The Morgan fingerprint density at radius 1 is 1.11 bits per heavy atom. The summed E-state index contributed by atoms with van der Waals surface area (Å²) in [6, 6.07) is 12.4. The van der Waals surface area contributed by atoms with E-state index < -0.39 is 0 Å². The number of hydrogen-bond donors (Lipinski definition) is 0. The van der Waals surface area contributed by atoms with Crippen LogP contribution in [0.3, 0.4) is 0 Å². The Kier molecular flexibility index (Phi) is 9.26. The Balaban J connectivity index is 1.78. The second kappa shape index (κ2) is 12.6. The average Bonchev–Trinajstić information content (AvgIpc) is 3.20. The molecule has 200 valence electrons. The summed E-state index contributed by atoms with van der Waals surface area (Å²) < 4.78 is 7.36. The number of carbonyl (C=O) groups is 1. The maximum absolute atomic E-state index is 13.5. The molecule has 3 heterocycles. The second-order valence-corrected chi connectivity index (χ2v) is 11.0. The molecule has 2 saturated heterocycles. The van der Waals surface area contributed by atoms with Crippen molar-refractivity contribution in [3.8, 4) is 6.07 Å². The molecule has 0 N–H and O–H groups in total. The zero-order chi connectivity index (χ0) is 27.2. The third-order valence-corrected chi connectivity index (χ3v) is 8.33. The number of thioether (sulfide) groups is 1. The second-order valence-electron chi connectivity index (χ2n) is 9.30. The van der Waals surface area contributed by atoms with Gasteiger partial charge in [-0.1, -0.05) is 55.5 Å². The van der Waals surface area contributed by atoms with E-state index in [1.54, 1.807) is 23.5 Å². The van der Waals surface area contributed by atoms with E-state index >= 15 is 0 Å². The molecule has 0 aliphatic carbocycles. The van der Waals surface area contributed by atoms with Crippen molar-refractivity contribution in [1.82, 2.24) is 9.47 Å². The van der Waals surface area contributed by atoms with E-state index in [1.165, 1.54) is 17.4 Å². The van der Waals surface area contributed by atoms with Gasteiger partial charge in [0.05, 0.1) is 18.1 Å². The van der Waals surface area contributed by atoms with E-state index in [-0.39, 0.29) is 17.0 Å². The largest absolute Gasteiger partial charge is 0.383 e. The van der Waals surface area contributed by atoms with Gasteiger partial charge >= 0.3 is 0 Å². The highest BCUT2D eigenvalue weighted by Gasteiger charge is 2.33. The third-order valence-electron chi connectivity index (χ3n) is 6.95. The van der Waals surface area contributed by atoms with Crippen LogP contribution < -0.4 is 15.4 Å².